The molecule has 1 nitrogen and oxygen atoms in total. The molecule has 1 aromatic rings. The molecule has 1 aliphatic carbocycles. The predicted octanol–water partition coefficient (Wildman–Crippen LogP) is 4.24. The number of rotatable bonds is 1. The van der Waals surface area contributed by atoms with Gasteiger partial charge in [-0.3, -0.25) is 4.79 Å². The monoisotopic (exact) mass is 228 g/mol. The van der Waals surface area contributed by atoms with Crippen LogP contribution in [0.2, 0.25) is 0 Å². The maximum Gasteiger partial charge on any atom is 0.159 e. The molecule has 90 valence electrons. The van der Waals surface area contributed by atoms with Crippen LogP contribution in [0, 0.1) is 5.41 Å². The Bertz CT molecular complexity index is 446. The van der Waals surface area contributed by atoms with E-state index >= 15 is 0 Å². The fourth-order valence-corrected chi connectivity index (χ4v) is 2.64. The van der Waals surface area contributed by atoms with E-state index in [-0.39, 0.29) is 5.41 Å². The zero-order valence-electron chi connectivity index (χ0n) is 10.9. The van der Waals surface area contributed by atoms with Gasteiger partial charge in [0.2, 0.25) is 0 Å². The number of allylic oxidation sites excluding steroid dienone is 2. The van der Waals surface area contributed by atoms with E-state index in [0.717, 1.165) is 18.4 Å². The Labute approximate surface area is 104 Å². The second kappa shape index (κ2) is 4.48. The van der Waals surface area contributed by atoms with Crippen LogP contribution in [-0.4, -0.2) is 5.78 Å². The first kappa shape index (κ1) is 12.1. The molecule has 0 aliphatic heterocycles. The summed E-state index contributed by atoms with van der Waals surface area (Å²) in [6.45, 7) is 6.40. The summed E-state index contributed by atoms with van der Waals surface area (Å²) in [6, 6.07) is 10.3. The van der Waals surface area contributed by atoms with Crippen LogP contribution in [0.1, 0.15) is 45.6 Å². The molecule has 2 rings (SSSR count). The van der Waals surface area contributed by atoms with Gasteiger partial charge in [0.05, 0.1) is 0 Å². The van der Waals surface area contributed by atoms with Crippen molar-refractivity contribution in [2.24, 2.45) is 5.41 Å². The largest absolute Gasteiger partial charge is 0.295 e. The van der Waals surface area contributed by atoms with Crippen LogP contribution in [0.5, 0.6) is 0 Å². The predicted molar refractivity (Wildman–Crippen MR) is 71.7 cm³/mol. The molecule has 0 spiro atoms. The van der Waals surface area contributed by atoms with E-state index in [1.165, 1.54) is 11.1 Å². The third-order valence-corrected chi connectivity index (χ3v) is 3.28. The van der Waals surface area contributed by atoms with Crippen molar-refractivity contribution in [1.29, 1.82) is 0 Å². The van der Waals surface area contributed by atoms with Gasteiger partial charge in [-0.05, 0) is 29.4 Å². The minimum Gasteiger partial charge on any atom is -0.295 e. The topological polar surface area (TPSA) is 17.1 Å². The average molecular weight is 228 g/mol. The molecule has 1 aromatic carbocycles. The highest BCUT2D eigenvalue weighted by Crippen LogP contribution is 2.39. The van der Waals surface area contributed by atoms with Gasteiger partial charge in [0.25, 0.3) is 0 Å². The van der Waals surface area contributed by atoms with Crippen molar-refractivity contribution < 1.29 is 4.79 Å². The Hall–Kier alpha value is -1.37. The summed E-state index contributed by atoms with van der Waals surface area (Å²) < 4.78 is 0. The quantitative estimate of drug-likeness (QED) is 0.702. The molecule has 1 aliphatic rings. The van der Waals surface area contributed by atoms with Crippen LogP contribution < -0.4 is 0 Å². The van der Waals surface area contributed by atoms with Crippen LogP contribution in [0.15, 0.2) is 35.9 Å². The minimum atomic E-state index is -0.0529. The van der Waals surface area contributed by atoms with E-state index in [4.69, 9.17) is 0 Å². The van der Waals surface area contributed by atoms with Crippen LogP contribution in [0.3, 0.4) is 0 Å². The Balaban J connectivity index is 2.57. The summed E-state index contributed by atoms with van der Waals surface area (Å²) in [6.07, 6.45) is 2.73. The van der Waals surface area contributed by atoms with Crippen molar-refractivity contribution in [3.63, 3.8) is 0 Å². The van der Waals surface area contributed by atoms with Crippen molar-refractivity contribution in [2.75, 3.05) is 0 Å². The zero-order chi connectivity index (χ0) is 12.5. The van der Waals surface area contributed by atoms with Crippen LogP contribution in [0.4, 0.5) is 0 Å². The fraction of sp³-hybridized carbons (Fsp3) is 0.438. The molecule has 0 N–H and O–H groups in total. The number of ketones is 1. The van der Waals surface area contributed by atoms with Crippen molar-refractivity contribution in [1.82, 2.24) is 0 Å². The first-order valence-corrected chi connectivity index (χ1v) is 6.32. The molecule has 0 unspecified atom stereocenters. The second-order valence-corrected chi connectivity index (χ2v) is 5.75. The van der Waals surface area contributed by atoms with Gasteiger partial charge in [0, 0.05) is 12.0 Å². The molecule has 1 heteroatoms. The SMILES string of the molecule is CC(C)(C)C1=C(c2ccccc2)CCCC1=O. The summed E-state index contributed by atoms with van der Waals surface area (Å²) in [5, 5.41) is 0. The fourth-order valence-electron chi connectivity index (χ4n) is 2.64. The molecule has 17 heavy (non-hydrogen) atoms. The Kier molecular flexibility index (Phi) is 3.19. The highest BCUT2D eigenvalue weighted by molar-refractivity contribution is 6.05. The van der Waals surface area contributed by atoms with Crippen LogP contribution in [-0.2, 0) is 4.79 Å². The highest BCUT2D eigenvalue weighted by atomic mass is 16.1. The molecular weight excluding hydrogens is 208 g/mol. The van der Waals surface area contributed by atoms with Gasteiger partial charge in [-0.15, -0.1) is 0 Å². The number of benzene rings is 1. The van der Waals surface area contributed by atoms with E-state index < -0.39 is 0 Å². The number of hydrogen-bond donors (Lipinski definition) is 0. The smallest absolute Gasteiger partial charge is 0.159 e. The molecule has 0 heterocycles. The molecule has 0 atom stereocenters. The Morgan fingerprint density at radius 3 is 2.24 bits per heavy atom. The maximum absolute atomic E-state index is 12.2. The standard InChI is InChI=1S/C16H20O/c1-16(2,3)15-13(10-7-11-14(15)17)12-8-5-4-6-9-12/h4-6,8-9H,7,10-11H2,1-3H3. The van der Waals surface area contributed by atoms with Crippen molar-refractivity contribution in [2.45, 2.75) is 40.0 Å². The normalized spacial score (nSPS) is 17.5. The molecule has 0 aromatic heterocycles. The lowest BCUT2D eigenvalue weighted by molar-refractivity contribution is -0.116. The summed E-state index contributed by atoms with van der Waals surface area (Å²) >= 11 is 0. The molecule has 0 amide bonds. The van der Waals surface area contributed by atoms with Gasteiger partial charge in [-0.2, -0.15) is 0 Å². The summed E-state index contributed by atoms with van der Waals surface area (Å²) in [5.41, 5.74) is 3.46. The third-order valence-electron chi connectivity index (χ3n) is 3.28. The Morgan fingerprint density at radius 1 is 1.00 bits per heavy atom. The van der Waals surface area contributed by atoms with E-state index in [1.54, 1.807) is 0 Å². The molecule has 0 saturated carbocycles. The zero-order valence-corrected chi connectivity index (χ0v) is 10.9. The second-order valence-electron chi connectivity index (χ2n) is 5.75. The molecule has 0 bridgehead atoms. The number of Topliss-reactive ketones (excluding diaryl/α,β-unsaturated/α-hetero) is 1. The molecule has 0 radical (unpaired) electrons. The maximum atomic E-state index is 12.2. The van der Waals surface area contributed by atoms with Crippen molar-refractivity contribution >= 4 is 11.4 Å². The lowest BCUT2D eigenvalue weighted by Crippen LogP contribution is -2.22. The van der Waals surface area contributed by atoms with Crippen LogP contribution in [0.25, 0.3) is 5.57 Å². The van der Waals surface area contributed by atoms with Crippen molar-refractivity contribution in [3.05, 3.63) is 41.5 Å². The lowest BCUT2D eigenvalue weighted by Gasteiger charge is -2.29. The van der Waals surface area contributed by atoms with Gasteiger partial charge >= 0.3 is 0 Å². The van der Waals surface area contributed by atoms with Gasteiger partial charge < -0.3 is 0 Å². The molecule has 0 saturated heterocycles. The first-order valence-electron chi connectivity index (χ1n) is 6.32. The highest BCUT2D eigenvalue weighted by Gasteiger charge is 2.30. The number of carbonyl (C=O) groups excluding carboxylic acids is 1. The number of carbonyl (C=O) groups is 1. The minimum absolute atomic E-state index is 0.0529. The third kappa shape index (κ3) is 2.49. The summed E-state index contributed by atoms with van der Waals surface area (Å²) in [4.78, 5) is 12.2. The van der Waals surface area contributed by atoms with E-state index in [9.17, 15) is 4.79 Å². The van der Waals surface area contributed by atoms with E-state index in [0.29, 0.717) is 12.2 Å². The van der Waals surface area contributed by atoms with Gasteiger partial charge in [-0.1, -0.05) is 51.1 Å². The summed E-state index contributed by atoms with van der Waals surface area (Å²) in [5.74, 6) is 0.336. The molecular formula is C16H20O. The molecule has 0 fully saturated rings. The van der Waals surface area contributed by atoms with E-state index in [2.05, 4.69) is 32.9 Å². The lowest BCUT2D eigenvalue weighted by atomic mass is 9.74. The van der Waals surface area contributed by atoms with Crippen molar-refractivity contribution in [3.8, 4) is 0 Å². The number of hydrogen-bond acceptors (Lipinski definition) is 1. The summed E-state index contributed by atoms with van der Waals surface area (Å²) in [7, 11) is 0. The Morgan fingerprint density at radius 2 is 1.65 bits per heavy atom. The van der Waals surface area contributed by atoms with Crippen LogP contribution >= 0.6 is 0 Å². The van der Waals surface area contributed by atoms with Gasteiger partial charge in [0.1, 0.15) is 0 Å². The average Bonchev–Trinajstić information content (AvgIpc) is 2.28. The van der Waals surface area contributed by atoms with Gasteiger partial charge in [-0.25, -0.2) is 0 Å². The van der Waals surface area contributed by atoms with Gasteiger partial charge in [0.15, 0.2) is 5.78 Å². The van der Waals surface area contributed by atoms with E-state index in [1.807, 2.05) is 18.2 Å². The first-order chi connectivity index (χ1) is 8.00.